The van der Waals surface area contributed by atoms with Gasteiger partial charge in [0.2, 0.25) is 0 Å². The fourth-order valence-electron chi connectivity index (χ4n) is 2.25. The minimum Gasteiger partial charge on any atom is -0.379 e. The number of hydrogen-bond donors (Lipinski definition) is 2. The van der Waals surface area contributed by atoms with Gasteiger partial charge in [0.25, 0.3) is 4.92 Å². The first kappa shape index (κ1) is 18.4. The molecule has 0 radical (unpaired) electrons. The molecule has 2 N–H and O–H groups in total. The Morgan fingerprint density at radius 2 is 2.00 bits per heavy atom. The highest BCUT2D eigenvalue weighted by molar-refractivity contribution is 6.31. The predicted octanol–water partition coefficient (Wildman–Crippen LogP) is 2.47. The van der Waals surface area contributed by atoms with Crippen LogP contribution >= 0.6 is 11.6 Å². The van der Waals surface area contributed by atoms with Gasteiger partial charge in [-0.15, -0.1) is 0 Å². The molecule has 1 fully saturated rings. The van der Waals surface area contributed by atoms with Crippen LogP contribution in [0.3, 0.4) is 0 Å². The Labute approximate surface area is 139 Å². The van der Waals surface area contributed by atoms with Gasteiger partial charge in [0.1, 0.15) is 5.69 Å². The maximum Gasteiger partial charge on any atom is 0.471 e. The lowest BCUT2D eigenvalue weighted by Gasteiger charge is -2.27. The van der Waals surface area contributed by atoms with Gasteiger partial charge in [-0.2, -0.15) is 13.2 Å². The smallest absolute Gasteiger partial charge is 0.379 e. The van der Waals surface area contributed by atoms with Crippen molar-refractivity contribution < 1.29 is 32.8 Å². The van der Waals surface area contributed by atoms with E-state index in [1.165, 1.54) is 6.07 Å². The quantitative estimate of drug-likeness (QED) is 0.798. The number of nitrogens with zero attached hydrogens (tertiary/aromatic N) is 2. The van der Waals surface area contributed by atoms with Crippen LogP contribution in [0.1, 0.15) is 5.56 Å². The van der Waals surface area contributed by atoms with E-state index in [-0.39, 0.29) is 17.1 Å². The summed E-state index contributed by atoms with van der Waals surface area (Å²) in [4.78, 5) is 23.7. The van der Waals surface area contributed by atoms with Crippen LogP contribution in [-0.4, -0.2) is 53.4 Å². The van der Waals surface area contributed by atoms with E-state index in [1.54, 1.807) is 5.32 Å². The molecule has 1 aromatic carbocycles. The lowest BCUT2D eigenvalue weighted by molar-refractivity contribution is -0.729. The van der Waals surface area contributed by atoms with Crippen molar-refractivity contribution in [2.45, 2.75) is 12.7 Å². The molecule has 1 aromatic rings. The summed E-state index contributed by atoms with van der Waals surface area (Å²) < 4.78 is 42.7. The molecule has 0 atom stereocenters. The molecule has 0 aliphatic carbocycles. The molecule has 1 saturated heterocycles. The Bertz CT molecular complexity index is 648. The summed E-state index contributed by atoms with van der Waals surface area (Å²) in [6.45, 7) is 2.07. The minimum absolute atomic E-state index is 0.0353. The molecular formula is C13H14ClF3N3O4+. The molecule has 1 aliphatic heterocycles. The molecule has 132 valence electrons. The third-order valence-corrected chi connectivity index (χ3v) is 3.58. The normalized spacial score (nSPS) is 16.0. The van der Waals surface area contributed by atoms with Gasteiger partial charge in [0.05, 0.1) is 18.1 Å². The summed E-state index contributed by atoms with van der Waals surface area (Å²) in [7, 11) is 0. The number of hydrogen-bond acceptors (Lipinski definition) is 4. The first-order valence-electron chi connectivity index (χ1n) is 6.85. The third kappa shape index (κ3) is 4.56. The van der Waals surface area contributed by atoms with Crippen LogP contribution in [-0.2, 0) is 16.1 Å². The van der Waals surface area contributed by atoms with Crippen molar-refractivity contribution >= 4 is 28.9 Å². The zero-order valence-corrected chi connectivity index (χ0v) is 13.0. The van der Waals surface area contributed by atoms with E-state index in [2.05, 4.69) is 0 Å². The highest BCUT2D eigenvalue weighted by atomic mass is 35.5. The highest BCUT2D eigenvalue weighted by Crippen LogP contribution is 2.34. The summed E-state index contributed by atoms with van der Waals surface area (Å²) in [6.07, 6.45) is -5.14. The first-order valence-corrected chi connectivity index (χ1v) is 7.23. The summed E-state index contributed by atoms with van der Waals surface area (Å²) in [6, 6.07) is 2.29. The second kappa shape index (κ2) is 7.32. The van der Waals surface area contributed by atoms with Crippen molar-refractivity contribution in [3.8, 4) is 0 Å². The predicted molar refractivity (Wildman–Crippen MR) is 77.3 cm³/mol. The molecule has 0 spiro atoms. The summed E-state index contributed by atoms with van der Waals surface area (Å²) >= 11 is 5.86. The molecule has 0 aromatic heterocycles. The standard InChI is InChI=1S/C13H13ClF3N3O4/c14-9-5-8(7-19-1-3-24-4-2-19)11(10(6-9)20(22)23)18-12(21)13(15,16)17/h5-6H,1-4,7H2,(H-,18,21,22,23)/p+1. The van der Waals surface area contributed by atoms with Gasteiger partial charge in [-0.3, -0.25) is 9.69 Å². The third-order valence-electron chi connectivity index (χ3n) is 3.36. The molecule has 24 heavy (non-hydrogen) atoms. The Morgan fingerprint density at radius 1 is 1.38 bits per heavy atom. The van der Waals surface area contributed by atoms with Crippen molar-refractivity contribution in [3.63, 3.8) is 0 Å². The van der Waals surface area contributed by atoms with Crippen molar-refractivity contribution in [2.75, 3.05) is 31.6 Å². The molecule has 7 nitrogen and oxygen atoms in total. The van der Waals surface area contributed by atoms with Gasteiger partial charge >= 0.3 is 17.8 Å². The van der Waals surface area contributed by atoms with Gasteiger partial charge in [-0.25, -0.2) is 5.21 Å². The molecule has 0 bridgehead atoms. The lowest BCUT2D eigenvalue weighted by Crippen LogP contribution is -2.36. The molecule has 11 heteroatoms. The number of carbonyl (C=O) groups excluding carboxylic acids is 1. The average molecular weight is 369 g/mol. The molecule has 1 heterocycles. The number of halogens is 4. The summed E-state index contributed by atoms with van der Waals surface area (Å²) in [5, 5.41) is 10.8. The number of ether oxygens (including phenoxy) is 1. The zero-order valence-electron chi connectivity index (χ0n) is 12.3. The Morgan fingerprint density at radius 3 is 2.54 bits per heavy atom. The lowest BCUT2D eigenvalue weighted by atomic mass is 10.1. The second-order valence-electron chi connectivity index (χ2n) is 5.07. The van der Waals surface area contributed by atoms with Crippen LogP contribution in [0.2, 0.25) is 5.02 Å². The number of anilines is 1. The van der Waals surface area contributed by atoms with Gasteiger partial charge in [0, 0.05) is 30.7 Å². The van der Waals surface area contributed by atoms with Crippen molar-refractivity contribution in [2.24, 2.45) is 0 Å². The average Bonchev–Trinajstić information content (AvgIpc) is 2.49. The van der Waals surface area contributed by atoms with Crippen LogP contribution in [0.4, 0.5) is 24.5 Å². The summed E-state index contributed by atoms with van der Waals surface area (Å²) in [5.41, 5.74) is -0.846. The number of morpholine rings is 1. The number of amides is 1. The number of alkyl halides is 3. The molecule has 0 unspecified atom stereocenters. The SMILES string of the molecule is O=C(Nc1c(CN2CCOCC2)cc(Cl)cc1[N+](=O)O)C(F)(F)F. The number of rotatable bonds is 4. The zero-order chi connectivity index (χ0) is 17.9. The van der Waals surface area contributed by atoms with E-state index in [9.17, 15) is 22.9 Å². The van der Waals surface area contributed by atoms with E-state index in [4.69, 9.17) is 21.5 Å². The van der Waals surface area contributed by atoms with Gasteiger partial charge in [0.15, 0.2) is 0 Å². The number of benzene rings is 1. The highest BCUT2D eigenvalue weighted by Gasteiger charge is 2.40. The Kier molecular flexibility index (Phi) is 5.62. The fourth-order valence-corrected chi connectivity index (χ4v) is 2.49. The van der Waals surface area contributed by atoms with Gasteiger partial charge < -0.3 is 10.1 Å². The van der Waals surface area contributed by atoms with Crippen LogP contribution < -0.4 is 5.32 Å². The monoisotopic (exact) mass is 368 g/mol. The molecular weight excluding hydrogens is 355 g/mol. The van der Waals surface area contributed by atoms with E-state index in [1.807, 2.05) is 4.90 Å². The van der Waals surface area contributed by atoms with E-state index < -0.39 is 28.4 Å². The van der Waals surface area contributed by atoms with Crippen LogP contribution in [0, 0.1) is 4.91 Å². The van der Waals surface area contributed by atoms with Crippen LogP contribution in [0.5, 0.6) is 0 Å². The molecule has 1 amide bonds. The van der Waals surface area contributed by atoms with Gasteiger partial charge in [-0.05, 0) is 11.6 Å². The fraction of sp³-hybridized carbons (Fsp3) is 0.462. The van der Waals surface area contributed by atoms with Crippen LogP contribution in [0.15, 0.2) is 12.1 Å². The molecule has 0 saturated carbocycles. The van der Waals surface area contributed by atoms with E-state index in [0.717, 1.165) is 6.07 Å². The van der Waals surface area contributed by atoms with E-state index >= 15 is 0 Å². The summed E-state index contributed by atoms with van der Waals surface area (Å²) in [5.74, 6) is -2.25. The molecule has 2 rings (SSSR count). The second-order valence-corrected chi connectivity index (χ2v) is 5.51. The molecule has 1 aliphatic rings. The maximum atomic E-state index is 12.5. The van der Waals surface area contributed by atoms with Crippen molar-refractivity contribution in [1.29, 1.82) is 0 Å². The number of carbonyl (C=O) groups is 1. The minimum atomic E-state index is -5.14. The Hall–Kier alpha value is -1.91. The number of nitrogens with one attached hydrogen (secondary N) is 1. The van der Waals surface area contributed by atoms with Crippen molar-refractivity contribution in [1.82, 2.24) is 4.90 Å². The largest absolute Gasteiger partial charge is 0.471 e. The van der Waals surface area contributed by atoms with Crippen LogP contribution in [0.25, 0.3) is 0 Å². The topological polar surface area (TPSA) is 81.9 Å². The van der Waals surface area contributed by atoms with Gasteiger partial charge in [-0.1, -0.05) is 11.6 Å². The van der Waals surface area contributed by atoms with Crippen molar-refractivity contribution in [3.05, 3.63) is 27.6 Å². The first-order chi connectivity index (χ1) is 11.2. The van der Waals surface area contributed by atoms with E-state index in [0.29, 0.717) is 26.3 Å². The Balaban J connectivity index is 2.39. The maximum absolute atomic E-state index is 12.5.